The average Bonchev–Trinajstić information content (AvgIpc) is 2.67. The molecule has 0 atom stereocenters. The molecule has 146 valence electrons. The topological polar surface area (TPSA) is 117 Å². The Kier molecular flexibility index (Phi) is 7.98. The molecular weight excluding hydrogens is 386 g/mol. The summed E-state index contributed by atoms with van der Waals surface area (Å²) in [5.41, 5.74) is 3.70. The van der Waals surface area contributed by atoms with Crippen molar-refractivity contribution < 1.29 is 24.2 Å². The van der Waals surface area contributed by atoms with E-state index in [0.717, 1.165) is 5.56 Å². The van der Waals surface area contributed by atoms with Gasteiger partial charge in [-0.2, -0.15) is 5.10 Å². The molecule has 0 aliphatic carbocycles. The zero-order valence-corrected chi connectivity index (χ0v) is 15.5. The first-order valence-corrected chi connectivity index (χ1v) is 8.63. The lowest BCUT2D eigenvalue weighted by atomic mass is 10.1. The van der Waals surface area contributed by atoms with E-state index in [1.807, 2.05) is 30.3 Å². The molecule has 28 heavy (non-hydrogen) atoms. The highest BCUT2D eigenvalue weighted by atomic mass is 35.5. The summed E-state index contributed by atoms with van der Waals surface area (Å²) >= 11 is 5.98. The number of hydrogen-bond acceptors (Lipinski definition) is 5. The van der Waals surface area contributed by atoms with Gasteiger partial charge in [-0.3, -0.25) is 9.59 Å². The number of aliphatic carboxylic acids is 1. The fourth-order valence-electron chi connectivity index (χ4n) is 2.12. The molecule has 0 aliphatic rings. The van der Waals surface area contributed by atoms with Gasteiger partial charge in [0.2, 0.25) is 0 Å². The van der Waals surface area contributed by atoms with Crippen LogP contribution in [0.2, 0.25) is 5.02 Å². The predicted octanol–water partition coefficient (Wildman–Crippen LogP) is 1.61. The quantitative estimate of drug-likeness (QED) is 0.351. The number of rotatable bonds is 8. The summed E-state index contributed by atoms with van der Waals surface area (Å²) < 4.78 is 5.00. The van der Waals surface area contributed by atoms with Crippen molar-refractivity contribution in [2.45, 2.75) is 6.42 Å². The van der Waals surface area contributed by atoms with E-state index in [2.05, 4.69) is 15.8 Å². The van der Waals surface area contributed by atoms with Gasteiger partial charge in [0.05, 0.1) is 11.2 Å². The molecule has 2 rings (SSSR count). The van der Waals surface area contributed by atoms with Gasteiger partial charge in [0.15, 0.2) is 6.61 Å². The number of nitrogens with one attached hydrogen (secondary N) is 2. The third-order valence-corrected chi connectivity index (χ3v) is 3.73. The summed E-state index contributed by atoms with van der Waals surface area (Å²) in [7, 11) is 0. The van der Waals surface area contributed by atoms with Crippen molar-refractivity contribution in [1.82, 2.24) is 10.7 Å². The van der Waals surface area contributed by atoms with Crippen molar-refractivity contribution in [3.05, 3.63) is 64.7 Å². The van der Waals surface area contributed by atoms with Crippen molar-refractivity contribution in [1.29, 1.82) is 0 Å². The number of nitrogens with zero attached hydrogens (tertiary/aromatic N) is 1. The second-order valence-electron chi connectivity index (χ2n) is 5.56. The molecule has 8 nitrogen and oxygen atoms in total. The number of hydrazone groups is 1. The Balaban J connectivity index is 1.78. The first-order valence-electron chi connectivity index (χ1n) is 8.25. The van der Waals surface area contributed by atoms with E-state index in [0.29, 0.717) is 18.5 Å². The minimum atomic E-state index is -1.12. The lowest BCUT2D eigenvalue weighted by molar-refractivity contribution is -0.139. The monoisotopic (exact) mass is 403 g/mol. The maximum absolute atomic E-state index is 11.7. The molecule has 0 saturated heterocycles. The highest BCUT2D eigenvalue weighted by molar-refractivity contribution is 6.35. The zero-order chi connectivity index (χ0) is 20.4. The molecule has 9 heteroatoms. The molecule has 0 aliphatic heterocycles. The molecular formula is C19H18ClN3O5. The average molecular weight is 404 g/mol. The summed E-state index contributed by atoms with van der Waals surface area (Å²) in [5, 5.41) is 15.0. The van der Waals surface area contributed by atoms with Crippen LogP contribution in [-0.4, -0.2) is 42.3 Å². The number of carbonyl (C=O) groups is 3. The van der Waals surface area contributed by atoms with Gasteiger partial charge in [0, 0.05) is 6.54 Å². The number of ether oxygens (including phenoxy) is 1. The minimum Gasteiger partial charge on any atom is -0.480 e. The normalized spacial score (nSPS) is 10.5. The Morgan fingerprint density at radius 2 is 1.86 bits per heavy atom. The standard InChI is InChI=1S/C19H18ClN3O5/c20-15-10-14(6-7-16(15)28-12-17(24)25)11-22-23-19(27)18(26)21-9-8-13-4-2-1-3-5-13/h1-7,10-11H,8-9,12H2,(H,21,26)(H,23,27)(H,24,25)/b22-11-. The highest BCUT2D eigenvalue weighted by Gasteiger charge is 2.11. The van der Waals surface area contributed by atoms with Crippen LogP contribution in [0.5, 0.6) is 5.75 Å². The molecule has 0 radical (unpaired) electrons. The molecule has 0 aromatic heterocycles. The summed E-state index contributed by atoms with van der Waals surface area (Å²) in [5.74, 6) is -2.59. The van der Waals surface area contributed by atoms with Crippen LogP contribution in [0.25, 0.3) is 0 Å². The molecule has 2 aromatic carbocycles. The van der Waals surface area contributed by atoms with Crippen LogP contribution in [0.15, 0.2) is 53.6 Å². The van der Waals surface area contributed by atoms with E-state index in [1.54, 1.807) is 6.07 Å². The maximum Gasteiger partial charge on any atom is 0.341 e. The van der Waals surface area contributed by atoms with Gasteiger partial charge in [0.1, 0.15) is 5.75 Å². The van der Waals surface area contributed by atoms with Crippen LogP contribution >= 0.6 is 11.6 Å². The van der Waals surface area contributed by atoms with Crippen LogP contribution < -0.4 is 15.5 Å². The summed E-state index contributed by atoms with van der Waals surface area (Å²) in [6.45, 7) is -0.185. The van der Waals surface area contributed by atoms with Gasteiger partial charge in [0.25, 0.3) is 0 Å². The molecule has 3 N–H and O–H groups in total. The van der Waals surface area contributed by atoms with E-state index in [4.69, 9.17) is 21.4 Å². The van der Waals surface area contributed by atoms with E-state index >= 15 is 0 Å². The zero-order valence-electron chi connectivity index (χ0n) is 14.7. The number of halogens is 1. The maximum atomic E-state index is 11.7. The van der Waals surface area contributed by atoms with Crippen LogP contribution in [0, 0.1) is 0 Å². The molecule has 0 unspecified atom stereocenters. The molecule has 2 aromatic rings. The first-order chi connectivity index (χ1) is 13.5. The lowest BCUT2D eigenvalue weighted by Crippen LogP contribution is -2.38. The SMILES string of the molecule is O=C(O)COc1ccc(/C=N\NC(=O)C(=O)NCCc2ccccc2)cc1Cl. The molecule has 0 heterocycles. The number of carbonyl (C=O) groups excluding carboxylic acids is 2. The molecule has 0 bridgehead atoms. The van der Waals surface area contributed by atoms with Gasteiger partial charge in [-0.25, -0.2) is 10.2 Å². The number of amides is 2. The molecule has 0 saturated carbocycles. The summed E-state index contributed by atoms with van der Waals surface area (Å²) in [4.78, 5) is 33.9. The largest absolute Gasteiger partial charge is 0.480 e. The Labute approximate surface area is 166 Å². The fourth-order valence-corrected chi connectivity index (χ4v) is 2.36. The number of benzene rings is 2. The third kappa shape index (κ3) is 7.08. The van der Waals surface area contributed by atoms with Crippen LogP contribution in [0.4, 0.5) is 0 Å². The summed E-state index contributed by atoms with van der Waals surface area (Å²) in [6, 6.07) is 14.1. The molecule has 0 spiro atoms. The number of carboxylic acids is 1. The Bertz CT molecular complexity index is 871. The Hall–Kier alpha value is -3.39. The lowest BCUT2D eigenvalue weighted by Gasteiger charge is -2.06. The second kappa shape index (κ2) is 10.7. The molecule has 0 fully saturated rings. The van der Waals surface area contributed by atoms with E-state index < -0.39 is 24.4 Å². The summed E-state index contributed by atoms with van der Waals surface area (Å²) in [6.07, 6.45) is 1.90. The molecule has 2 amide bonds. The van der Waals surface area contributed by atoms with Gasteiger partial charge in [-0.15, -0.1) is 0 Å². The predicted molar refractivity (Wildman–Crippen MR) is 103 cm³/mol. The van der Waals surface area contributed by atoms with Crippen LogP contribution in [0.1, 0.15) is 11.1 Å². The third-order valence-electron chi connectivity index (χ3n) is 3.44. The van der Waals surface area contributed by atoms with Crippen molar-refractivity contribution in [3.8, 4) is 5.75 Å². The van der Waals surface area contributed by atoms with E-state index in [-0.39, 0.29) is 10.8 Å². The van der Waals surface area contributed by atoms with Crippen molar-refractivity contribution in [2.75, 3.05) is 13.2 Å². The van der Waals surface area contributed by atoms with Crippen molar-refractivity contribution >= 4 is 35.6 Å². The van der Waals surface area contributed by atoms with Crippen molar-refractivity contribution in [3.63, 3.8) is 0 Å². The van der Waals surface area contributed by atoms with Gasteiger partial charge >= 0.3 is 17.8 Å². The first kappa shape index (κ1) is 20.9. The van der Waals surface area contributed by atoms with Crippen LogP contribution in [-0.2, 0) is 20.8 Å². The fraction of sp³-hybridized carbons (Fsp3) is 0.158. The van der Waals surface area contributed by atoms with Gasteiger partial charge in [-0.05, 0) is 35.7 Å². The van der Waals surface area contributed by atoms with Gasteiger partial charge < -0.3 is 15.2 Å². The van der Waals surface area contributed by atoms with E-state index in [9.17, 15) is 14.4 Å². The number of hydrogen-bond donors (Lipinski definition) is 3. The Morgan fingerprint density at radius 1 is 1.11 bits per heavy atom. The van der Waals surface area contributed by atoms with E-state index in [1.165, 1.54) is 18.3 Å². The smallest absolute Gasteiger partial charge is 0.341 e. The van der Waals surface area contributed by atoms with Crippen LogP contribution in [0.3, 0.4) is 0 Å². The number of carboxylic acid groups (broad SMARTS) is 1. The minimum absolute atomic E-state index is 0.190. The Morgan fingerprint density at radius 3 is 2.54 bits per heavy atom. The highest BCUT2D eigenvalue weighted by Crippen LogP contribution is 2.24. The van der Waals surface area contributed by atoms with Gasteiger partial charge in [-0.1, -0.05) is 41.9 Å². The second-order valence-corrected chi connectivity index (χ2v) is 5.97. The van der Waals surface area contributed by atoms with Crippen molar-refractivity contribution in [2.24, 2.45) is 5.10 Å².